The highest BCUT2D eigenvalue weighted by Crippen LogP contribution is 2.16. The molecule has 1 saturated heterocycles. The quantitative estimate of drug-likeness (QED) is 0.890. The summed E-state index contributed by atoms with van der Waals surface area (Å²) in [6, 6.07) is 0.608. The molecule has 0 bridgehead atoms. The molecule has 1 aromatic heterocycles. The Kier molecular flexibility index (Phi) is 5.12. The van der Waals surface area contributed by atoms with E-state index >= 15 is 0 Å². The molecular weight excluding hydrogens is 244 g/mol. The Morgan fingerprint density at radius 1 is 1.50 bits per heavy atom. The van der Waals surface area contributed by atoms with Crippen LogP contribution in [0.25, 0.3) is 0 Å². The van der Waals surface area contributed by atoms with Crippen LogP contribution in [0, 0.1) is 0 Å². The third-order valence-electron chi connectivity index (χ3n) is 3.51. The maximum atomic E-state index is 5.56. The summed E-state index contributed by atoms with van der Waals surface area (Å²) in [5.74, 6) is 0. The van der Waals surface area contributed by atoms with Crippen LogP contribution in [0.4, 0.5) is 0 Å². The topological polar surface area (TPSA) is 45.4 Å². The molecule has 5 heteroatoms. The number of hydrogen-bond acceptors (Lipinski definition) is 5. The van der Waals surface area contributed by atoms with Crippen molar-refractivity contribution in [2.45, 2.75) is 32.4 Å². The lowest BCUT2D eigenvalue weighted by atomic mass is 10.2. The van der Waals surface area contributed by atoms with Crippen LogP contribution >= 0.6 is 11.3 Å². The lowest BCUT2D eigenvalue weighted by Gasteiger charge is -2.27. The van der Waals surface area contributed by atoms with Gasteiger partial charge in [-0.1, -0.05) is 0 Å². The molecule has 1 aromatic rings. The van der Waals surface area contributed by atoms with Crippen molar-refractivity contribution in [3.05, 3.63) is 16.1 Å². The van der Waals surface area contributed by atoms with Gasteiger partial charge in [0.15, 0.2) is 0 Å². The van der Waals surface area contributed by atoms with Crippen molar-refractivity contribution in [2.75, 3.05) is 33.2 Å². The fourth-order valence-electron chi connectivity index (χ4n) is 2.52. The van der Waals surface area contributed by atoms with Gasteiger partial charge in [0.05, 0.1) is 10.7 Å². The van der Waals surface area contributed by atoms with Gasteiger partial charge in [0.1, 0.15) is 0 Å². The summed E-state index contributed by atoms with van der Waals surface area (Å²) in [7, 11) is 2.21. The number of hydrogen-bond donors (Lipinski definition) is 1. The minimum atomic E-state index is 0.608. The van der Waals surface area contributed by atoms with E-state index in [9.17, 15) is 0 Å². The molecule has 2 heterocycles. The van der Waals surface area contributed by atoms with Crippen molar-refractivity contribution in [1.29, 1.82) is 0 Å². The van der Waals surface area contributed by atoms with Crippen LogP contribution in [0.2, 0.25) is 0 Å². The first-order valence-electron chi connectivity index (χ1n) is 6.75. The zero-order valence-electron chi connectivity index (χ0n) is 11.4. The average Bonchev–Trinajstić information content (AvgIpc) is 2.69. The van der Waals surface area contributed by atoms with Crippen molar-refractivity contribution >= 4 is 11.3 Å². The number of thiazole rings is 1. The summed E-state index contributed by atoms with van der Waals surface area (Å²) in [6.07, 6.45) is 2.16. The van der Waals surface area contributed by atoms with E-state index in [2.05, 4.69) is 34.1 Å². The van der Waals surface area contributed by atoms with Gasteiger partial charge in [-0.25, -0.2) is 4.98 Å². The highest BCUT2D eigenvalue weighted by Gasteiger charge is 2.20. The fourth-order valence-corrected chi connectivity index (χ4v) is 3.33. The van der Waals surface area contributed by atoms with Crippen LogP contribution in [0.5, 0.6) is 0 Å². The van der Waals surface area contributed by atoms with E-state index in [1.165, 1.54) is 30.2 Å². The Labute approximate surface area is 114 Å². The third-order valence-corrected chi connectivity index (χ3v) is 4.46. The molecule has 2 rings (SSSR count). The Hall–Kier alpha value is -0.490. The fraction of sp³-hybridized carbons (Fsp3) is 0.769. The number of aromatic nitrogens is 1. The van der Waals surface area contributed by atoms with E-state index in [1.54, 1.807) is 11.3 Å². The largest absolute Gasteiger partial charge is 0.330 e. The molecule has 1 atom stereocenters. The first kappa shape index (κ1) is 13.9. The van der Waals surface area contributed by atoms with E-state index in [1.807, 2.05) is 0 Å². The molecule has 1 fully saturated rings. The first-order chi connectivity index (χ1) is 8.69. The summed E-state index contributed by atoms with van der Waals surface area (Å²) in [5, 5.41) is 3.36. The summed E-state index contributed by atoms with van der Waals surface area (Å²) in [5.41, 5.74) is 6.77. The molecule has 1 unspecified atom stereocenters. The van der Waals surface area contributed by atoms with Gasteiger partial charge < -0.3 is 10.6 Å². The molecule has 0 aliphatic carbocycles. The average molecular weight is 268 g/mol. The Morgan fingerprint density at radius 2 is 2.33 bits per heavy atom. The summed E-state index contributed by atoms with van der Waals surface area (Å²) >= 11 is 1.74. The molecule has 0 aromatic carbocycles. The van der Waals surface area contributed by atoms with Crippen molar-refractivity contribution < 1.29 is 0 Å². The molecule has 0 spiro atoms. The smallest absolute Gasteiger partial charge is 0.0941 e. The number of rotatable bonds is 4. The van der Waals surface area contributed by atoms with Crippen molar-refractivity contribution in [2.24, 2.45) is 5.73 Å². The first-order valence-corrected chi connectivity index (χ1v) is 7.63. The normalized spacial score (nSPS) is 23.2. The molecule has 2 N–H and O–H groups in total. The molecule has 102 valence electrons. The number of nitrogens with zero attached hydrogens (tertiary/aromatic N) is 3. The predicted molar refractivity (Wildman–Crippen MR) is 76.9 cm³/mol. The summed E-state index contributed by atoms with van der Waals surface area (Å²) in [6.45, 7) is 7.52. The number of likely N-dealkylation sites (N-methyl/N-ethyl adjacent to an activating group) is 1. The van der Waals surface area contributed by atoms with Crippen LogP contribution in [0.3, 0.4) is 0 Å². The minimum Gasteiger partial charge on any atom is -0.330 e. The lowest BCUT2D eigenvalue weighted by Crippen LogP contribution is -2.37. The zero-order chi connectivity index (χ0) is 13.0. The van der Waals surface area contributed by atoms with Gasteiger partial charge in [-0.05, 0) is 33.5 Å². The van der Waals surface area contributed by atoms with Crippen LogP contribution in [0.15, 0.2) is 5.38 Å². The zero-order valence-corrected chi connectivity index (χ0v) is 12.2. The van der Waals surface area contributed by atoms with Gasteiger partial charge in [-0.15, -0.1) is 11.3 Å². The van der Waals surface area contributed by atoms with Crippen LogP contribution < -0.4 is 5.73 Å². The second kappa shape index (κ2) is 6.61. The maximum Gasteiger partial charge on any atom is 0.0941 e. The van der Waals surface area contributed by atoms with Crippen LogP contribution in [-0.4, -0.2) is 54.1 Å². The molecule has 0 saturated carbocycles. The molecule has 1 aliphatic heterocycles. The highest BCUT2D eigenvalue weighted by molar-refractivity contribution is 7.09. The van der Waals surface area contributed by atoms with E-state index in [0.29, 0.717) is 12.6 Å². The minimum absolute atomic E-state index is 0.608. The van der Waals surface area contributed by atoms with Crippen molar-refractivity contribution in [1.82, 2.24) is 14.8 Å². The Morgan fingerprint density at radius 3 is 3.11 bits per heavy atom. The second-order valence-electron chi connectivity index (χ2n) is 5.21. The molecular formula is C13H24N4S. The van der Waals surface area contributed by atoms with Gasteiger partial charge in [0, 0.05) is 37.5 Å². The molecule has 1 aliphatic rings. The highest BCUT2D eigenvalue weighted by atomic mass is 32.1. The summed E-state index contributed by atoms with van der Waals surface area (Å²) < 4.78 is 0. The SMILES string of the molecule is CC1CN(C)CCCN1Cc1csc(CCN)n1. The van der Waals surface area contributed by atoms with E-state index in [-0.39, 0.29) is 0 Å². The Bertz CT molecular complexity index is 366. The lowest BCUT2D eigenvalue weighted by molar-refractivity contribution is 0.193. The standard InChI is InChI=1S/C13H24N4S/c1-11-8-16(2)6-3-7-17(11)9-12-10-18-13(15-12)4-5-14/h10-11H,3-9,14H2,1-2H3. The Balaban J connectivity index is 1.94. The molecule has 4 nitrogen and oxygen atoms in total. The molecule has 18 heavy (non-hydrogen) atoms. The van der Waals surface area contributed by atoms with E-state index < -0.39 is 0 Å². The third kappa shape index (κ3) is 3.75. The van der Waals surface area contributed by atoms with Gasteiger partial charge in [0.2, 0.25) is 0 Å². The van der Waals surface area contributed by atoms with Crippen LogP contribution in [0.1, 0.15) is 24.0 Å². The summed E-state index contributed by atoms with van der Waals surface area (Å²) in [4.78, 5) is 9.63. The van der Waals surface area contributed by atoms with E-state index in [4.69, 9.17) is 5.73 Å². The van der Waals surface area contributed by atoms with Crippen LogP contribution in [-0.2, 0) is 13.0 Å². The number of nitrogens with two attached hydrogens (primary N) is 1. The van der Waals surface area contributed by atoms with Gasteiger partial charge in [-0.3, -0.25) is 4.90 Å². The molecule has 0 radical (unpaired) electrons. The monoisotopic (exact) mass is 268 g/mol. The predicted octanol–water partition coefficient (Wildman–Crippen LogP) is 1.17. The van der Waals surface area contributed by atoms with E-state index in [0.717, 1.165) is 19.5 Å². The maximum absolute atomic E-state index is 5.56. The second-order valence-corrected chi connectivity index (χ2v) is 6.15. The molecule has 0 amide bonds. The van der Waals surface area contributed by atoms with Gasteiger partial charge >= 0.3 is 0 Å². The van der Waals surface area contributed by atoms with Gasteiger partial charge in [-0.2, -0.15) is 0 Å². The van der Waals surface area contributed by atoms with Crippen molar-refractivity contribution in [3.8, 4) is 0 Å². The van der Waals surface area contributed by atoms with Gasteiger partial charge in [0.25, 0.3) is 0 Å². The van der Waals surface area contributed by atoms with Crippen molar-refractivity contribution in [3.63, 3.8) is 0 Å².